The number of hydrogen-bond acceptors (Lipinski definition) is 5. The molecule has 0 unspecified atom stereocenters. The van der Waals surface area contributed by atoms with E-state index in [2.05, 4.69) is 0 Å². The van der Waals surface area contributed by atoms with E-state index in [0.29, 0.717) is 12.2 Å². The molecule has 0 aliphatic carbocycles. The van der Waals surface area contributed by atoms with Crippen molar-refractivity contribution in [2.45, 2.75) is 32.6 Å². The normalized spacial score (nSPS) is 20.2. The number of nitrogens with zero attached hydrogens (tertiary/aromatic N) is 3. The van der Waals surface area contributed by atoms with Gasteiger partial charge in [-0.15, -0.1) is 0 Å². The van der Waals surface area contributed by atoms with Gasteiger partial charge in [0.05, 0.1) is 31.6 Å². The number of aryl methyl sites for hydroxylation is 1. The number of aromatic nitrogens is 1. The smallest absolute Gasteiger partial charge is 0.271 e. The van der Waals surface area contributed by atoms with Crippen LogP contribution in [0.2, 0.25) is 0 Å². The Kier molecular flexibility index (Phi) is 7.56. The molecule has 4 rings (SSSR count). The summed E-state index contributed by atoms with van der Waals surface area (Å²) in [6.07, 6.45) is 0.709. The van der Waals surface area contributed by atoms with E-state index in [-0.39, 0.29) is 31.6 Å². The van der Waals surface area contributed by atoms with Crippen LogP contribution in [0, 0.1) is 5.92 Å². The highest BCUT2D eigenvalue weighted by Crippen LogP contribution is 2.38. The van der Waals surface area contributed by atoms with Gasteiger partial charge in [-0.3, -0.25) is 4.79 Å². The summed E-state index contributed by atoms with van der Waals surface area (Å²) in [5, 5.41) is 11.0. The first-order valence-electron chi connectivity index (χ1n) is 12.1. The molecule has 36 heavy (non-hydrogen) atoms. The fourth-order valence-electron chi connectivity index (χ4n) is 4.91. The number of ether oxygens (including phenoxy) is 1. The molecule has 0 saturated carbocycles. The van der Waals surface area contributed by atoms with Crippen molar-refractivity contribution in [2.24, 2.45) is 13.0 Å². The number of carbonyl (C=O) groups is 1. The number of para-hydroxylation sites is 1. The third-order valence-corrected chi connectivity index (χ3v) is 8.51. The number of fused-ring (bicyclic) bond motifs is 5. The molecule has 2 aromatic carbocycles. The van der Waals surface area contributed by atoms with Gasteiger partial charge >= 0.3 is 0 Å². The number of benzene rings is 2. The summed E-state index contributed by atoms with van der Waals surface area (Å²) in [6, 6.07) is 15.4. The van der Waals surface area contributed by atoms with Gasteiger partial charge in [-0.05, 0) is 24.1 Å². The molecule has 0 spiro atoms. The highest BCUT2D eigenvalue weighted by Gasteiger charge is 2.34. The van der Waals surface area contributed by atoms with Gasteiger partial charge in [0.2, 0.25) is 10.0 Å². The molecule has 9 heteroatoms. The molecular weight excluding hydrogens is 478 g/mol. The Labute approximate surface area is 213 Å². The standard InChI is InChI=1S/C27H35N3O5S/c1-18-14-30(19(2)16-31)27(32)26-25(22-12-8-9-13-23(22)29(26)4)21-11-7-6-10-20(21)17-35-24(18)15-28(3)36(5,33)34/h6-13,18-19,24,31H,14-17H2,1-5H3/t18-,19+,24+/m1/s1. The predicted octanol–water partition coefficient (Wildman–Crippen LogP) is 3.09. The Morgan fingerprint density at radius 1 is 1.17 bits per heavy atom. The molecule has 1 aromatic heterocycles. The lowest BCUT2D eigenvalue weighted by Crippen LogP contribution is -2.47. The molecule has 1 amide bonds. The Hall–Kier alpha value is -2.72. The van der Waals surface area contributed by atoms with E-state index < -0.39 is 22.2 Å². The maximum absolute atomic E-state index is 14.2. The molecular formula is C27H35N3O5S. The Morgan fingerprint density at radius 2 is 1.83 bits per heavy atom. The van der Waals surface area contributed by atoms with E-state index in [1.807, 2.05) is 74.0 Å². The number of aliphatic hydroxyl groups is 1. The van der Waals surface area contributed by atoms with Gasteiger partial charge in [0.25, 0.3) is 5.91 Å². The van der Waals surface area contributed by atoms with Crippen molar-refractivity contribution in [3.63, 3.8) is 0 Å². The van der Waals surface area contributed by atoms with Gasteiger partial charge in [-0.1, -0.05) is 49.4 Å². The van der Waals surface area contributed by atoms with Crippen LogP contribution in [0.4, 0.5) is 0 Å². The summed E-state index contributed by atoms with van der Waals surface area (Å²) in [5.74, 6) is -0.375. The van der Waals surface area contributed by atoms with E-state index in [1.165, 1.54) is 17.6 Å². The maximum atomic E-state index is 14.2. The van der Waals surface area contributed by atoms with Crippen LogP contribution in [0.15, 0.2) is 48.5 Å². The number of hydrogen-bond donors (Lipinski definition) is 1. The van der Waals surface area contributed by atoms with Crippen LogP contribution in [0.1, 0.15) is 29.9 Å². The van der Waals surface area contributed by atoms with Crippen molar-refractivity contribution in [2.75, 3.05) is 33.0 Å². The first kappa shape index (κ1) is 26.3. The molecule has 194 valence electrons. The van der Waals surface area contributed by atoms with Gasteiger partial charge in [0.15, 0.2) is 0 Å². The molecule has 3 aromatic rings. The van der Waals surface area contributed by atoms with E-state index in [1.54, 1.807) is 4.90 Å². The highest BCUT2D eigenvalue weighted by molar-refractivity contribution is 7.88. The first-order chi connectivity index (χ1) is 17.0. The van der Waals surface area contributed by atoms with Crippen molar-refractivity contribution in [1.82, 2.24) is 13.8 Å². The average molecular weight is 514 g/mol. The summed E-state index contributed by atoms with van der Waals surface area (Å²) in [7, 11) is 0.0180. The van der Waals surface area contributed by atoms with Gasteiger partial charge in [-0.25, -0.2) is 12.7 Å². The van der Waals surface area contributed by atoms with Crippen LogP contribution in [0.5, 0.6) is 0 Å². The minimum absolute atomic E-state index is 0.160. The molecule has 1 N–H and O–H groups in total. The molecule has 1 aliphatic rings. The average Bonchev–Trinajstić information content (AvgIpc) is 3.14. The Bertz CT molecular complexity index is 1370. The van der Waals surface area contributed by atoms with Crippen LogP contribution >= 0.6 is 0 Å². The van der Waals surface area contributed by atoms with E-state index in [4.69, 9.17) is 4.74 Å². The fourth-order valence-corrected chi connectivity index (χ4v) is 5.33. The molecule has 0 radical (unpaired) electrons. The molecule has 8 nitrogen and oxygen atoms in total. The SMILES string of the molecule is C[C@@H]1CN([C@@H](C)CO)C(=O)c2c(c3ccccc3n2C)-c2ccccc2CO[C@H]1CN(C)S(C)(=O)=O. The number of likely N-dealkylation sites (N-methyl/N-ethyl adjacent to an activating group) is 1. The monoisotopic (exact) mass is 513 g/mol. The van der Waals surface area contributed by atoms with Crippen molar-refractivity contribution in [3.05, 3.63) is 59.8 Å². The minimum atomic E-state index is -3.41. The van der Waals surface area contributed by atoms with Crippen molar-refractivity contribution in [1.29, 1.82) is 0 Å². The summed E-state index contributed by atoms with van der Waals surface area (Å²) >= 11 is 0. The van der Waals surface area contributed by atoms with E-state index in [9.17, 15) is 18.3 Å². The Morgan fingerprint density at radius 3 is 2.53 bits per heavy atom. The maximum Gasteiger partial charge on any atom is 0.271 e. The molecule has 3 atom stereocenters. The van der Waals surface area contributed by atoms with E-state index >= 15 is 0 Å². The molecule has 0 fully saturated rings. The summed E-state index contributed by atoms with van der Waals surface area (Å²) in [5.41, 5.74) is 4.17. The molecule has 2 heterocycles. The zero-order chi connectivity index (χ0) is 26.2. The third-order valence-electron chi connectivity index (χ3n) is 7.23. The lowest BCUT2D eigenvalue weighted by molar-refractivity contribution is -0.0146. The predicted molar refractivity (Wildman–Crippen MR) is 141 cm³/mol. The molecule has 1 aliphatic heterocycles. The van der Waals surface area contributed by atoms with Crippen LogP contribution in [0.3, 0.4) is 0 Å². The van der Waals surface area contributed by atoms with Crippen molar-refractivity contribution in [3.8, 4) is 11.1 Å². The van der Waals surface area contributed by atoms with Crippen molar-refractivity contribution < 1.29 is 23.1 Å². The van der Waals surface area contributed by atoms with Crippen LogP contribution in [-0.2, 0) is 28.4 Å². The zero-order valence-corrected chi connectivity index (χ0v) is 22.3. The number of aliphatic hydroxyl groups excluding tert-OH is 1. The largest absolute Gasteiger partial charge is 0.394 e. The summed E-state index contributed by atoms with van der Waals surface area (Å²) in [6.45, 7) is 4.32. The quantitative estimate of drug-likeness (QED) is 0.566. The second-order valence-corrected chi connectivity index (χ2v) is 11.9. The lowest BCUT2D eigenvalue weighted by atomic mass is 9.96. The Balaban J connectivity index is 1.93. The second-order valence-electron chi connectivity index (χ2n) is 9.82. The summed E-state index contributed by atoms with van der Waals surface area (Å²) < 4.78 is 33.9. The molecule has 0 bridgehead atoms. The lowest BCUT2D eigenvalue weighted by Gasteiger charge is -2.34. The number of sulfonamides is 1. The van der Waals surface area contributed by atoms with Crippen LogP contribution < -0.4 is 0 Å². The fraction of sp³-hybridized carbons (Fsp3) is 0.444. The third kappa shape index (κ3) is 4.93. The van der Waals surface area contributed by atoms with Gasteiger partial charge in [-0.2, -0.15) is 0 Å². The molecule has 0 saturated heterocycles. The number of rotatable bonds is 5. The minimum Gasteiger partial charge on any atom is -0.394 e. The summed E-state index contributed by atoms with van der Waals surface area (Å²) in [4.78, 5) is 15.9. The van der Waals surface area contributed by atoms with Crippen molar-refractivity contribution >= 4 is 26.8 Å². The van der Waals surface area contributed by atoms with Gasteiger partial charge in [0.1, 0.15) is 5.69 Å². The van der Waals surface area contributed by atoms with Crippen LogP contribution in [-0.4, -0.2) is 78.3 Å². The number of carbonyl (C=O) groups excluding carboxylic acids is 1. The van der Waals surface area contributed by atoms with Gasteiger partial charge < -0.3 is 19.3 Å². The number of amides is 1. The highest BCUT2D eigenvalue weighted by atomic mass is 32.2. The van der Waals surface area contributed by atoms with Gasteiger partial charge in [0, 0.05) is 49.6 Å². The van der Waals surface area contributed by atoms with Crippen LogP contribution in [0.25, 0.3) is 22.0 Å². The second kappa shape index (κ2) is 10.3. The first-order valence-corrected chi connectivity index (χ1v) is 14.0. The van der Waals surface area contributed by atoms with E-state index in [0.717, 1.165) is 27.6 Å². The zero-order valence-electron chi connectivity index (χ0n) is 21.5. The topological polar surface area (TPSA) is 92.1 Å².